The zero-order chi connectivity index (χ0) is 18.0. The van der Waals surface area contributed by atoms with E-state index in [0.29, 0.717) is 16.4 Å². The highest BCUT2D eigenvalue weighted by atomic mass is 32.2. The number of carbonyl (C=O) groups is 1. The van der Waals surface area contributed by atoms with E-state index in [-0.39, 0.29) is 5.91 Å². The van der Waals surface area contributed by atoms with E-state index in [9.17, 15) is 9.00 Å². The number of nitrogens with one attached hydrogen (secondary N) is 1. The molecule has 7 heteroatoms. The molecule has 4 nitrogen and oxygen atoms in total. The molecule has 1 atom stereocenters. The molecule has 2 aromatic heterocycles. The highest BCUT2D eigenvalue weighted by Crippen LogP contribution is 2.34. The van der Waals surface area contributed by atoms with Gasteiger partial charge in [0.05, 0.1) is 10.6 Å². The first kappa shape index (κ1) is 18.0. The van der Waals surface area contributed by atoms with Gasteiger partial charge in [0, 0.05) is 38.1 Å². The van der Waals surface area contributed by atoms with Crippen LogP contribution >= 0.6 is 22.7 Å². The number of anilines is 1. The lowest BCUT2D eigenvalue weighted by atomic mass is 10.1. The van der Waals surface area contributed by atoms with Gasteiger partial charge in [0.2, 0.25) is 0 Å². The van der Waals surface area contributed by atoms with Crippen LogP contribution in [-0.4, -0.2) is 21.4 Å². The first-order chi connectivity index (χ1) is 11.9. The maximum atomic E-state index is 12.5. The number of hydrogen-bond acceptors (Lipinski definition) is 5. The second-order valence-electron chi connectivity index (χ2n) is 5.71. The lowest BCUT2D eigenvalue weighted by molar-refractivity contribution is 0.102. The Hall–Kier alpha value is -1.83. The van der Waals surface area contributed by atoms with Gasteiger partial charge >= 0.3 is 0 Å². The zero-order valence-corrected chi connectivity index (χ0v) is 16.6. The minimum absolute atomic E-state index is 0.202. The minimum Gasteiger partial charge on any atom is -0.298 e. The van der Waals surface area contributed by atoms with E-state index in [1.807, 2.05) is 19.1 Å². The van der Waals surface area contributed by atoms with Gasteiger partial charge in [0.15, 0.2) is 5.13 Å². The fourth-order valence-electron chi connectivity index (χ4n) is 2.45. The second kappa shape index (κ2) is 7.59. The van der Waals surface area contributed by atoms with Gasteiger partial charge in [-0.1, -0.05) is 12.1 Å². The minimum atomic E-state index is -0.936. The van der Waals surface area contributed by atoms with Gasteiger partial charge in [-0.15, -0.1) is 22.7 Å². The van der Waals surface area contributed by atoms with E-state index in [4.69, 9.17) is 0 Å². The maximum Gasteiger partial charge on any atom is 0.257 e. The van der Waals surface area contributed by atoms with Gasteiger partial charge in [-0.25, -0.2) is 4.98 Å². The van der Waals surface area contributed by atoms with Gasteiger partial charge in [-0.3, -0.25) is 14.3 Å². The number of carbonyl (C=O) groups excluding carboxylic acids is 1. The Bertz CT molecular complexity index is 943. The molecule has 0 saturated heterocycles. The smallest absolute Gasteiger partial charge is 0.257 e. The Morgan fingerprint density at radius 1 is 1.20 bits per heavy atom. The van der Waals surface area contributed by atoms with Crippen molar-refractivity contribution in [3.63, 3.8) is 0 Å². The molecule has 25 heavy (non-hydrogen) atoms. The van der Waals surface area contributed by atoms with Crippen molar-refractivity contribution in [2.75, 3.05) is 11.6 Å². The number of nitrogens with zero attached hydrogens (tertiary/aromatic N) is 1. The average Bonchev–Trinajstić information content (AvgIpc) is 3.12. The van der Waals surface area contributed by atoms with Crippen LogP contribution in [0, 0.1) is 13.8 Å². The van der Waals surface area contributed by atoms with Gasteiger partial charge in [-0.05, 0) is 43.7 Å². The predicted octanol–water partition coefficient (Wildman–Crippen LogP) is 4.62. The number of hydrogen-bond donors (Lipinski definition) is 1. The summed E-state index contributed by atoms with van der Waals surface area (Å²) in [6.07, 6.45) is 1.65. The molecule has 1 aromatic carbocycles. The summed E-state index contributed by atoms with van der Waals surface area (Å²) in [5.41, 5.74) is 2.36. The number of thiophene rings is 1. The largest absolute Gasteiger partial charge is 0.298 e. The molecule has 0 bridgehead atoms. The summed E-state index contributed by atoms with van der Waals surface area (Å²) in [6, 6.07) is 11.3. The van der Waals surface area contributed by atoms with E-state index in [1.165, 1.54) is 16.2 Å². The number of amides is 1. The Morgan fingerprint density at radius 3 is 2.68 bits per heavy atom. The summed E-state index contributed by atoms with van der Waals surface area (Å²) in [6.45, 7) is 4.07. The Kier molecular flexibility index (Phi) is 5.46. The van der Waals surface area contributed by atoms with E-state index in [2.05, 4.69) is 29.4 Å². The summed E-state index contributed by atoms with van der Waals surface area (Å²) in [5, 5.41) is 3.46. The van der Waals surface area contributed by atoms with Crippen LogP contribution in [0.25, 0.3) is 10.6 Å². The Morgan fingerprint density at radius 2 is 2.00 bits per heavy atom. The normalized spacial score (nSPS) is 12.1. The highest BCUT2D eigenvalue weighted by molar-refractivity contribution is 7.83. The standard InChI is InChI=1S/C18H18N2O2S3/c1-11-7-8-15(23-11)16-12(2)24-18(19-16)20-17(21)14-6-4-5-13(9-14)10-25(3)22/h4-9H,10H2,1-3H3,(H,19,20,21). The number of aryl methyl sites for hydroxylation is 2. The van der Waals surface area contributed by atoms with Crippen LogP contribution in [-0.2, 0) is 16.6 Å². The highest BCUT2D eigenvalue weighted by Gasteiger charge is 2.14. The third-order valence-electron chi connectivity index (χ3n) is 3.55. The summed E-state index contributed by atoms with van der Waals surface area (Å²) in [7, 11) is -0.936. The number of rotatable bonds is 5. The average molecular weight is 391 g/mol. The number of thiazole rings is 1. The molecule has 0 fully saturated rings. The Labute approximate surface area is 157 Å². The molecule has 1 unspecified atom stereocenters. The third kappa shape index (κ3) is 4.42. The third-order valence-corrected chi connectivity index (χ3v) is 6.18. The molecule has 1 N–H and O–H groups in total. The zero-order valence-electron chi connectivity index (χ0n) is 14.2. The summed E-state index contributed by atoms with van der Waals surface area (Å²) in [4.78, 5) is 20.5. The van der Waals surface area contributed by atoms with Crippen LogP contribution in [0.3, 0.4) is 0 Å². The summed E-state index contributed by atoms with van der Waals surface area (Å²) < 4.78 is 11.4. The molecule has 0 aliphatic heterocycles. The number of benzene rings is 1. The van der Waals surface area contributed by atoms with Crippen molar-refractivity contribution in [2.45, 2.75) is 19.6 Å². The van der Waals surface area contributed by atoms with Crippen molar-refractivity contribution in [1.29, 1.82) is 0 Å². The molecule has 1 amide bonds. The lowest BCUT2D eigenvalue weighted by Gasteiger charge is -2.04. The van der Waals surface area contributed by atoms with Crippen LogP contribution in [0.2, 0.25) is 0 Å². The molecule has 2 heterocycles. The topological polar surface area (TPSA) is 59.1 Å². The van der Waals surface area contributed by atoms with Crippen molar-refractivity contribution in [1.82, 2.24) is 4.98 Å². The molecular formula is C18H18N2O2S3. The van der Waals surface area contributed by atoms with Crippen LogP contribution in [0.15, 0.2) is 36.4 Å². The first-order valence-electron chi connectivity index (χ1n) is 7.67. The van der Waals surface area contributed by atoms with Crippen molar-refractivity contribution < 1.29 is 9.00 Å². The molecule has 0 aliphatic carbocycles. The molecule has 0 radical (unpaired) electrons. The van der Waals surface area contributed by atoms with E-state index in [0.717, 1.165) is 21.0 Å². The Balaban J connectivity index is 1.78. The molecule has 0 saturated carbocycles. The van der Waals surface area contributed by atoms with Gasteiger partial charge in [0.25, 0.3) is 5.91 Å². The fourth-order valence-corrected chi connectivity index (χ4v) is 4.90. The summed E-state index contributed by atoms with van der Waals surface area (Å²) in [5.74, 6) is 0.241. The van der Waals surface area contributed by atoms with Gasteiger partial charge in [0.1, 0.15) is 0 Å². The van der Waals surface area contributed by atoms with Gasteiger partial charge < -0.3 is 0 Å². The van der Waals surface area contributed by atoms with Crippen molar-refractivity contribution >= 4 is 44.5 Å². The van der Waals surface area contributed by atoms with Crippen LogP contribution in [0.4, 0.5) is 5.13 Å². The molecule has 3 aromatic rings. The monoisotopic (exact) mass is 390 g/mol. The van der Waals surface area contributed by atoms with E-state index < -0.39 is 10.8 Å². The predicted molar refractivity (Wildman–Crippen MR) is 107 cm³/mol. The maximum absolute atomic E-state index is 12.5. The quantitative estimate of drug-likeness (QED) is 0.691. The number of aromatic nitrogens is 1. The van der Waals surface area contributed by atoms with Crippen molar-refractivity contribution in [2.24, 2.45) is 0 Å². The molecule has 130 valence electrons. The van der Waals surface area contributed by atoms with E-state index >= 15 is 0 Å². The molecule has 0 spiro atoms. The van der Waals surface area contributed by atoms with Gasteiger partial charge in [-0.2, -0.15) is 0 Å². The lowest BCUT2D eigenvalue weighted by Crippen LogP contribution is -2.12. The van der Waals surface area contributed by atoms with Crippen molar-refractivity contribution in [3.05, 3.63) is 57.3 Å². The second-order valence-corrected chi connectivity index (χ2v) is 9.63. The van der Waals surface area contributed by atoms with Crippen LogP contribution in [0.5, 0.6) is 0 Å². The summed E-state index contributed by atoms with van der Waals surface area (Å²) >= 11 is 3.17. The van der Waals surface area contributed by atoms with Crippen LogP contribution < -0.4 is 5.32 Å². The van der Waals surface area contributed by atoms with E-state index in [1.54, 1.807) is 29.7 Å². The SMILES string of the molecule is Cc1ccc(-c2nc(NC(=O)c3cccc(CS(C)=O)c3)sc2C)s1. The first-order valence-corrected chi connectivity index (χ1v) is 11.0. The molecule has 3 rings (SSSR count). The fraction of sp³-hybridized carbons (Fsp3) is 0.222. The van der Waals surface area contributed by atoms with Crippen LogP contribution in [0.1, 0.15) is 25.7 Å². The van der Waals surface area contributed by atoms with Crippen molar-refractivity contribution in [3.8, 4) is 10.6 Å². The molecule has 0 aliphatic rings. The molecular weight excluding hydrogens is 372 g/mol.